The molecular weight excluding hydrogens is 386 g/mol. The summed E-state index contributed by atoms with van der Waals surface area (Å²) in [7, 11) is 0. The lowest BCUT2D eigenvalue weighted by atomic mass is 10.0. The average molecular weight is 428 g/mol. The van der Waals surface area contributed by atoms with Gasteiger partial charge in [0.15, 0.2) is 0 Å². The number of hydrogen-bond acceptors (Lipinski definition) is 3. The monoisotopic (exact) mass is 427 g/mol. The molecular formula is C27H41NO3. The number of pyridine rings is 1. The Kier molecular flexibility index (Phi) is 12.0. The quantitative estimate of drug-likeness (QED) is 0.225. The highest BCUT2D eigenvalue weighted by molar-refractivity contribution is 5.95. The molecule has 0 atom stereocenters. The Bertz CT molecular complexity index is 840. The summed E-state index contributed by atoms with van der Waals surface area (Å²) < 4.78 is 5.16. The van der Waals surface area contributed by atoms with Crippen molar-refractivity contribution in [3.63, 3.8) is 0 Å². The maximum Gasteiger partial charge on any atom is 0.343 e. The average Bonchev–Trinajstić information content (AvgIpc) is 2.77. The number of aryl methyl sites for hydroxylation is 1. The van der Waals surface area contributed by atoms with Gasteiger partial charge in [0.25, 0.3) is 0 Å². The second-order valence-electron chi connectivity index (χ2n) is 8.57. The van der Waals surface area contributed by atoms with E-state index in [0.29, 0.717) is 17.5 Å². The maximum absolute atomic E-state index is 12.9. The van der Waals surface area contributed by atoms with Gasteiger partial charge in [0.1, 0.15) is 5.56 Å². The summed E-state index contributed by atoms with van der Waals surface area (Å²) in [6, 6.07) is 7.36. The Morgan fingerprint density at radius 3 is 1.94 bits per heavy atom. The number of unbranched alkanes of at least 4 members (excludes halogenated alkanes) is 12. The van der Waals surface area contributed by atoms with E-state index < -0.39 is 5.97 Å². The van der Waals surface area contributed by atoms with Crippen molar-refractivity contribution in [3.05, 3.63) is 45.7 Å². The molecule has 0 unspecified atom stereocenters. The normalized spacial score (nSPS) is 11.2. The molecule has 4 nitrogen and oxygen atoms in total. The minimum Gasteiger partial charge on any atom is -0.462 e. The zero-order valence-corrected chi connectivity index (χ0v) is 19.6. The molecule has 1 aromatic carbocycles. The first kappa shape index (κ1) is 25.2. The first-order valence-corrected chi connectivity index (χ1v) is 12.5. The number of aromatic nitrogens is 1. The fourth-order valence-corrected chi connectivity index (χ4v) is 4.21. The van der Waals surface area contributed by atoms with E-state index in [9.17, 15) is 9.59 Å². The van der Waals surface area contributed by atoms with Gasteiger partial charge in [0.2, 0.25) is 5.43 Å². The van der Waals surface area contributed by atoms with Crippen molar-refractivity contribution in [2.24, 2.45) is 0 Å². The highest BCUT2D eigenvalue weighted by atomic mass is 16.5. The molecule has 1 heterocycles. The number of aromatic amines is 1. The highest BCUT2D eigenvalue weighted by Gasteiger charge is 2.19. The first-order chi connectivity index (χ1) is 15.2. The number of nitrogens with one attached hydrogen (secondary N) is 1. The molecule has 0 aliphatic rings. The summed E-state index contributed by atoms with van der Waals surface area (Å²) in [6.07, 6.45) is 17.6. The van der Waals surface area contributed by atoms with E-state index in [2.05, 4.69) is 11.9 Å². The third-order valence-electron chi connectivity index (χ3n) is 6.00. The molecule has 0 aliphatic carbocycles. The Morgan fingerprint density at radius 2 is 1.35 bits per heavy atom. The molecule has 0 bridgehead atoms. The molecule has 0 spiro atoms. The van der Waals surface area contributed by atoms with Gasteiger partial charge in [-0.25, -0.2) is 4.79 Å². The third-order valence-corrected chi connectivity index (χ3v) is 6.00. The van der Waals surface area contributed by atoms with Crippen LogP contribution in [0.4, 0.5) is 0 Å². The summed E-state index contributed by atoms with van der Waals surface area (Å²) in [5.74, 6) is -0.515. The standard InChI is InChI=1S/C27H41NO3/c1-3-5-6-7-8-9-10-11-12-13-14-15-16-21-24-25(27(30)31-4-2)26(29)22-19-17-18-20-23(22)28-24/h17-20H,3-16,21H2,1-2H3,(H,28,29). The van der Waals surface area contributed by atoms with Crippen molar-refractivity contribution in [1.29, 1.82) is 0 Å². The second-order valence-corrected chi connectivity index (χ2v) is 8.57. The van der Waals surface area contributed by atoms with Gasteiger partial charge in [-0.15, -0.1) is 0 Å². The second kappa shape index (κ2) is 14.8. The van der Waals surface area contributed by atoms with E-state index in [1.165, 1.54) is 70.6 Å². The Labute approximate surface area is 187 Å². The smallest absolute Gasteiger partial charge is 0.343 e. The molecule has 0 fully saturated rings. The van der Waals surface area contributed by atoms with Crippen LogP contribution in [0.15, 0.2) is 29.1 Å². The van der Waals surface area contributed by atoms with Crippen molar-refractivity contribution in [2.45, 2.75) is 104 Å². The molecule has 2 aromatic rings. The summed E-state index contributed by atoms with van der Waals surface area (Å²) in [6.45, 7) is 4.29. The van der Waals surface area contributed by atoms with Gasteiger partial charge < -0.3 is 9.72 Å². The minimum absolute atomic E-state index is 0.180. The Morgan fingerprint density at radius 1 is 0.806 bits per heavy atom. The molecule has 31 heavy (non-hydrogen) atoms. The van der Waals surface area contributed by atoms with Crippen LogP contribution >= 0.6 is 0 Å². The van der Waals surface area contributed by atoms with Gasteiger partial charge in [-0.05, 0) is 31.9 Å². The number of esters is 1. The van der Waals surface area contributed by atoms with Crippen molar-refractivity contribution in [2.75, 3.05) is 6.61 Å². The lowest BCUT2D eigenvalue weighted by Gasteiger charge is -2.11. The number of benzene rings is 1. The van der Waals surface area contributed by atoms with E-state index >= 15 is 0 Å². The number of ether oxygens (including phenoxy) is 1. The minimum atomic E-state index is -0.515. The third kappa shape index (κ3) is 8.51. The first-order valence-electron chi connectivity index (χ1n) is 12.5. The zero-order valence-electron chi connectivity index (χ0n) is 19.6. The van der Waals surface area contributed by atoms with Gasteiger partial charge in [0, 0.05) is 16.6 Å². The SMILES string of the molecule is CCCCCCCCCCCCCCCc1[nH]c2ccccc2c(=O)c1C(=O)OCC. The fourth-order valence-electron chi connectivity index (χ4n) is 4.21. The molecule has 0 radical (unpaired) electrons. The largest absolute Gasteiger partial charge is 0.462 e. The van der Waals surface area contributed by atoms with E-state index in [-0.39, 0.29) is 17.6 Å². The lowest BCUT2D eigenvalue weighted by molar-refractivity contribution is 0.0523. The molecule has 172 valence electrons. The van der Waals surface area contributed by atoms with Gasteiger partial charge in [0.05, 0.1) is 6.61 Å². The number of para-hydroxylation sites is 1. The van der Waals surface area contributed by atoms with Gasteiger partial charge in [-0.1, -0.05) is 96.1 Å². The number of rotatable bonds is 16. The summed E-state index contributed by atoms with van der Waals surface area (Å²) >= 11 is 0. The van der Waals surface area contributed by atoms with E-state index in [1.807, 2.05) is 18.2 Å². The molecule has 0 amide bonds. The number of carbonyl (C=O) groups excluding carboxylic acids is 1. The zero-order chi connectivity index (χ0) is 22.3. The molecule has 1 N–H and O–H groups in total. The maximum atomic E-state index is 12.9. The van der Waals surface area contributed by atoms with Crippen LogP contribution in [0.2, 0.25) is 0 Å². The lowest BCUT2D eigenvalue weighted by Crippen LogP contribution is -2.22. The van der Waals surface area contributed by atoms with Gasteiger partial charge >= 0.3 is 5.97 Å². The summed E-state index contributed by atoms with van der Waals surface area (Å²) in [5.41, 5.74) is 1.45. The summed E-state index contributed by atoms with van der Waals surface area (Å²) in [5, 5.41) is 0.541. The van der Waals surface area contributed by atoms with Crippen LogP contribution in [-0.4, -0.2) is 17.6 Å². The number of fused-ring (bicyclic) bond motifs is 1. The van der Waals surface area contributed by atoms with Crippen molar-refractivity contribution < 1.29 is 9.53 Å². The van der Waals surface area contributed by atoms with Gasteiger partial charge in [-0.3, -0.25) is 4.79 Å². The molecule has 0 saturated carbocycles. The number of carbonyl (C=O) groups is 1. The van der Waals surface area contributed by atoms with Crippen LogP contribution in [0.3, 0.4) is 0 Å². The molecule has 4 heteroatoms. The Balaban J connectivity index is 1.74. The highest BCUT2D eigenvalue weighted by Crippen LogP contribution is 2.17. The number of H-pyrrole nitrogens is 1. The van der Waals surface area contributed by atoms with E-state index in [0.717, 1.165) is 18.4 Å². The summed E-state index contributed by atoms with van der Waals surface area (Å²) in [4.78, 5) is 28.6. The van der Waals surface area contributed by atoms with Crippen LogP contribution in [0.5, 0.6) is 0 Å². The van der Waals surface area contributed by atoms with Gasteiger partial charge in [-0.2, -0.15) is 0 Å². The topological polar surface area (TPSA) is 59.2 Å². The van der Waals surface area contributed by atoms with Crippen LogP contribution in [-0.2, 0) is 11.2 Å². The van der Waals surface area contributed by atoms with E-state index in [4.69, 9.17) is 4.74 Å². The van der Waals surface area contributed by atoms with Crippen LogP contribution in [0.25, 0.3) is 10.9 Å². The molecule has 0 aliphatic heterocycles. The van der Waals surface area contributed by atoms with E-state index in [1.54, 1.807) is 13.0 Å². The predicted octanol–water partition coefficient (Wildman–Crippen LogP) is 7.34. The van der Waals surface area contributed by atoms with Crippen molar-refractivity contribution in [1.82, 2.24) is 4.98 Å². The molecule has 2 rings (SSSR count). The van der Waals surface area contributed by atoms with Crippen LogP contribution in [0, 0.1) is 0 Å². The molecule has 0 saturated heterocycles. The molecule has 1 aromatic heterocycles. The van der Waals surface area contributed by atoms with Crippen LogP contribution < -0.4 is 5.43 Å². The Hall–Kier alpha value is -2.10. The predicted molar refractivity (Wildman–Crippen MR) is 130 cm³/mol. The van der Waals surface area contributed by atoms with Crippen molar-refractivity contribution in [3.8, 4) is 0 Å². The number of hydrogen-bond donors (Lipinski definition) is 1. The van der Waals surface area contributed by atoms with Crippen molar-refractivity contribution >= 4 is 16.9 Å². The fraction of sp³-hybridized carbons (Fsp3) is 0.630. The van der Waals surface area contributed by atoms with Crippen LogP contribution in [0.1, 0.15) is 113 Å².